The number of carbonyl (C=O) groups excluding carboxylic acids is 1. The number of hydrogen-bond donors (Lipinski definition) is 2. The first-order chi connectivity index (χ1) is 12.6. The standard InChI is InChI=1S/C18H14N4O2S2/c19-10-13-1-3-14(4-2-13)11-25-18-22-21-17(26-18)20-16(24)9-12-5-7-15(23)8-6-12/h1-8,23H,9,11H2,(H,20,21,24). The van der Waals surface area contributed by atoms with Crippen molar-refractivity contribution in [3.05, 3.63) is 65.2 Å². The number of amides is 1. The van der Waals surface area contributed by atoms with Crippen molar-refractivity contribution in [3.63, 3.8) is 0 Å². The number of thioether (sulfide) groups is 1. The van der Waals surface area contributed by atoms with Gasteiger partial charge in [-0.25, -0.2) is 0 Å². The number of phenols is 1. The van der Waals surface area contributed by atoms with E-state index in [1.165, 1.54) is 23.1 Å². The van der Waals surface area contributed by atoms with Crippen LogP contribution in [0.25, 0.3) is 0 Å². The fourth-order valence-corrected chi connectivity index (χ4v) is 3.83. The summed E-state index contributed by atoms with van der Waals surface area (Å²) in [5, 5.41) is 29.3. The predicted octanol–water partition coefficient (Wildman–Crippen LogP) is 3.59. The molecular weight excluding hydrogens is 368 g/mol. The van der Waals surface area contributed by atoms with Crippen LogP contribution in [0.5, 0.6) is 5.75 Å². The Morgan fingerprint density at radius 3 is 2.50 bits per heavy atom. The zero-order chi connectivity index (χ0) is 18.4. The minimum absolute atomic E-state index is 0.169. The smallest absolute Gasteiger partial charge is 0.230 e. The first kappa shape index (κ1) is 17.9. The van der Waals surface area contributed by atoms with Gasteiger partial charge in [-0.15, -0.1) is 10.2 Å². The third-order valence-corrected chi connectivity index (χ3v) is 5.44. The predicted molar refractivity (Wildman–Crippen MR) is 101 cm³/mol. The van der Waals surface area contributed by atoms with Crippen LogP contribution < -0.4 is 5.32 Å². The molecular formula is C18H14N4O2S2. The summed E-state index contributed by atoms with van der Waals surface area (Å²) in [6, 6.07) is 16.0. The van der Waals surface area contributed by atoms with Crippen molar-refractivity contribution in [2.24, 2.45) is 0 Å². The average Bonchev–Trinajstić information content (AvgIpc) is 3.09. The van der Waals surface area contributed by atoms with Gasteiger partial charge in [0.2, 0.25) is 11.0 Å². The zero-order valence-corrected chi connectivity index (χ0v) is 15.2. The van der Waals surface area contributed by atoms with Crippen LogP contribution in [-0.4, -0.2) is 21.2 Å². The van der Waals surface area contributed by atoms with E-state index in [0.717, 1.165) is 15.5 Å². The lowest BCUT2D eigenvalue weighted by atomic mass is 10.1. The summed E-state index contributed by atoms with van der Waals surface area (Å²) in [5.74, 6) is 0.694. The van der Waals surface area contributed by atoms with Gasteiger partial charge < -0.3 is 10.4 Å². The molecule has 0 aliphatic rings. The topological polar surface area (TPSA) is 98.9 Å². The number of aromatic nitrogens is 2. The van der Waals surface area contributed by atoms with Gasteiger partial charge in [0.25, 0.3) is 0 Å². The maximum atomic E-state index is 12.0. The highest BCUT2D eigenvalue weighted by Crippen LogP contribution is 2.28. The van der Waals surface area contributed by atoms with Gasteiger partial charge >= 0.3 is 0 Å². The summed E-state index contributed by atoms with van der Waals surface area (Å²) in [4.78, 5) is 12.0. The molecule has 2 aromatic carbocycles. The highest BCUT2D eigenvalue weighted by atomic mass is 32.2. The molecule has 0 unspecified atom stereocenters. The lowest BCUT2D eigenvalue weighted by molar-refractivity contribution is -0.115. The molecule has 0 spiro atoms. The highest BCUT2D eigenvalue weighted by Gasteiger charge is 2.10. The SMILES string of the molecule is N#Cc1ccc(CSc2nnc(NC(=O)Cc3ccc(O)cc3)s2)cc1. The molecule has 0 saturated heterocycles. The molecule has 1 heterocycles. The van der Waals surface area contributed by atoms with E-state index >= 15 is 0 Å². The number of benzene rings is 2. The molecule has 0 atom stereocenters. The van der Waals surface area contributed by atoms with Crippen molar-refractivity contribution in [1.82, 2.24) is 10.2 Å². The lowest BCUT2D eigenvalue weighted by Crippen LogP contribution is -2.14. The van der Waals surface area contributed by atoms with E-state index < -0.39 is 0 Å². The van der Waals surface area contributed by atoms with E-state index in [9.17, 15) is 9.90 Å². The van der Waals surface area contributed by atoms with Crippen LogP contribution in [0, 0.1) is 11.3 Å². The first-order valence-corrected chi connectivity index (χ1v) is 9.46. The molecule has 2 N–H and O–H groups in total. The van der Waals surface area contributed by atoms with E-state index in [2.05, 4.69) is 21.6 Å². The maximum Gasteiger partial charge on any atom is 0.230 e. The summed E-state index contributed by atoms with van der Waals surface area (Å²) < 4.78 is 0.759. The Bertz CT molecular complexity index is 931. The van der Waals surface area contributed by atoms with E-state index in [0.29, 0.717) is 16.4 Å². The van der Waals surface area contributed by atoms with Gasteiger partial charge in [-0.2, -0.15) is 5.26 Å². The number of hydrogen-bond acceptors (Lipinski definition) is 7. The minimum Gasteiger partial charge on any atom is -0.508 e. The summed E-state index contributed by atoms with van der Waals surface area (Å²) in [7, 11) is 0. The molecule has 0 radical (unpaired) electrons. The second-order valence-corrected chi connectivity index (χ2v) is 7.56. The molecule has 130 valence electrons. The number of aromatic hydroxyl groups is 1. The Kier molecular flexibility index (Phi) is 5.84. The zero-order valence-electron chi connectivity index (χ0n) is 13.5. The Balaban J connectivity index is 1.51. The van der Waals surface area contributed by atoms with E-state index in [4.69, 9.17) is 5.26 Å². The molecule has 0 aliphatic carbocycles. The second kappa shape index (κ2) is 8.47. The average molecular weight is 382 g/mol. The van der Waals surface area contributed by atoms with Gasteiger partial charge in [-0.05, 0) is 35.4 Å². The number of phenolic OH excluding ortho intramolecular Hbond substituents is 1. The van der Waals surface area contributed by atoms with Crippen LogP contribution >= 0.6 is 23.1 Å². The third kappa shape index (κ3) is 5.05. The largest absolute Gasteiger partial charge is 0.508 e. The van der Waals surface area contributed by atoms with Crippen molar-refractivity contribution < 1.29 is 9.90 Å². The molecule has 1 amide bonds. The van der Waals surface area contributed by atoms with Crippen molar-refractivity contribution in [2.45, 2.75) is 16.5 Å². The molecule has 0 aliphatic heterocycles. The van der Waals surface area contributed by atoms with Crippen molar-refractivity contribution in [3.8, 4) is 11.8 Å². The van der Waals surface area contributed by atoms with E-state index in [1.54, 1.807) is 36.4 Å². The summed E-state index contributed by atoms with van der Waals surface area (Å²) in [6.07, 6.45) is 0.202. The summed E-state index contributed by atoms with van der Waals surface area (Å²) in [6.45, 7) is 0. The second-order valence-electron chi connectivity index (χ2n) is 5.36. The number of anilines is 1. The molecule has 0 fully saturated rings. The molecule has 8 heteroatoms. The number of rotatable bonds is 6. The van der Waals surface area contributed by atoms with Crippen molar-refractivity contribution in [1.29, 1.82) is 5.26 Å². The van der Waals surface area contributed by atoms with E-state index in [1.807, 2.05) is 12.1 Å². The van der Waals surface area contributed by atoms with Gasteiger partial charge in [-0.3, -0.25) is 4.79 Å². The van der Waals surface area contributed by atoms with Gasteiger partial charge in [0.05, 0.1) is 18.1 Å². The maximum absolute atomic E-state index is 12.0. The van der Waals surface area contributed by atoms with Crippen LogP contribution in [0.3, 0.4) is 0 Å². The quantitative estimate of drug-likeness (QED) is 0.499. The lowest BCUT2D eigenvalue weighted by Gasteiger charge is -2.01. The van der Waals surface area contributed by atoms with Crippen LogP contribution in [0.15, 0.2) is 52.9 Å². The monoisotopic (exact) mass is 382 g/mol. The van der Waals surface area contributed by atoms with Gasteiger partial charge in [0, 0.05) is 5.75 Å². The number of nitrogens with zero attached hydrogens (tertiary/aromatic N) is 3. The Labute approximate surface area is 158 Å². The highest BCUT2D eigenvalue weighted by molar-refractivity contribution is 8.00. The first-order valence-electron chi connectivity index (χ1n) is 7.65. The molecule has 3 aromatic rings. The Morgan fingerprint density at radius 1 is 1.12 bits per heavy atom. The number of carbonyl (C=O) groups is 1. The normalized spacial score (nSPS) is 10.3. The fourth-order valence-electron chi connectivity index (χ4n) is 2.10. The molecule has 0 bridgehead atoms. The van der Waals surface area contributed by atoms with Gasteiger partial charge in [-0.1, -0.05) is 47.4 Å². The van der Waals surface area contributed by atoms with Crippen LogP contribution in [-0.2, 0) is 17.0 Å². The third-order valence-electron chi connectivity index (χ3n) is 3.40. The van der Waals surface area contributed by atoms with Crippen molar-refractivity contribution >= 4 is 34.1 Å². The number of nitrogens with one attached hydrogen (secondary N) is 1. The minimum atomic E-state index is -0.185. The molecule has 3 rings (SSSR count). The molecule has 26 heavy (non-hydrogen) atoms. The molecule has 0 saturated carbocycles. The van der Waals surface area contributed by atoms with E-state index in [-0.39, 0.29) is 18.1 Å². The molecule has 6 nitrogen and oxygen atoms in total. The van der Waals surface area contributed by atoms with Crippen LogP contribution in [0.4, 0.5) is 5.13 Å². The Hall–Kier alpha value is -2.89. The van der Waals surface area contributed by atoms with Crippen LogP contribution in [0.2, 0.25) is 0 Å². The summed E-state index contributed by atoms with van der Waals surface area (Å²) in [5.41, 5.74) is 2.52. The Morgan fingerprint density at radius 2 is 1.81 bits per heavy atom. The van der Waals surface area contributed by atoms with Crippen molar-refractivity contribution in [2.75, 3.05) is 5.32 Å². The van der Waals surface area contributed by atoms with Gasteiger partial charge in [0.15, 0.2) is 4.34 Å². The van der Waals surface area contributed by atoms with Gasteiger partial charge in [0.1, 0.15) is 5.75 Å². The fraction of sp³-hybridized carbons (Fsp3) is 0.111. The van der Waals surface area contributed by atoms with Crippen LogP contribution in [0.1, 0.15) is 16.7 Å². The summed E-state index contributed by atoms with van der Waals surface area (Å²) >= 11 is 2.84. The molecule has 1 aromatic heterocycles. The number of nitriles is 1.